The fourth-order valence-corrected chi connectivity index (χ4v) is 4.97. The van der Waals surface area contributed by atoms with E-state index in [1.165, 1.54) is 109 Å². The second-order valence-corrected chi connectivity index (χ2v) is 12.1. The molecule has 0 aromatic heterocycles. The van der Waals surface area contributed by atoms with Crippen LogP contribution in [0.5, 0.6) is 0 Å². The molecule has 0 bridgehead atoms. The average molecular weight is 555 g/mol. The fraction of sp³-hybridized carbons (Fsp3) is 0.941. The van der Waals surface area contributed by atoms with E-state index in [1.54, 1.807) is 0 Å². The number of unbranched alkanes of at least 4 members (excludes halogenated alkanes) is 20. The largest absolute Gasteiger partial charge is 0.462 e. The van der Waals surface area contributed by atoms with Crippen LogP contribution >= 0.6 is 0 Å². The summed E-state index contributed by atoms with van der Waals surface area (Å²) in [7, 11) is 0. The van der Waals surface area contributed by atoms with Crippen LogP contribution in [0, 0.1) is 5.92 Å². The molecule has 0 aromatic carbocycles. The number of hydrogen-bond acceptors (Lipinski definition) is 5. The lowest BCUT2D eigenvalue weighted by atomic mass is 10.0. The number of aliphatic hydroxyl groups excluding tert-OH is 1. The molecule has 0 aromatic rings. The van der Waals surface area contributed by atoms with E-state index in [9.17, 15) is 14.7 Å². The van der Waals surface area contributed by atoms with Crippen LogP contribution < -0.4 is 0 Å². The maximum Gasteiger partial charge on any atom is 0.306 e. The molecule has 1 atom stereocenters. The van der Waals surface area contributed by atoms with Crippen LogP contribution in [0.4, 0.5) is 0 Å². The lowest BCUT2D eigenvalue weighted by molar-refractivity contribution is -0.161. The number of esters is 2. The maximum absolute atomic E-state index is 12.1. The van der Waals surface area contributed by atoms with E-state index in [-0.39, 0.29) is 25.2 Å². The van der Waals surface area contributed by atoms with Crippen LogP contribution in [0.15, 0.2) is 0 Å². The molecule has 0 saturated carbocycles. The quantitative estimate of drug-likeness (QED) is 0.0706. The standard InChI is InChI=1S/C34H66O5/c1-4-5-6-7-8-9-10-11-12-13-14-19-22-25-28-34(37)39-32(29-35)30-38-33(36)27-24-21-18-16-15-17-20-23-26-31(2)3/h31-32,35H,4-30H2,1-3H3/t32-/m0/s1. The van der Waals surface area contributed by atoms with Gasteiger partial charge in [-0.2, -0.15) is 0 Å². The van der Waals surface area contributed by atoms with Gasteiger partial charge in [0.05, 0.1) is 6.61 Å². The van der Waals surface area contributed by atoms with Gasteiger partial charge in [0.1, 0.15) is 6.61 Å². The molecule has 0 aliphatic carbocycles. The molecule has 0 unspecified atom stereocenters. The smallest absolute Gasteiger partial charge is 0.306 e. The minimum atomic E-state index is -0.760. The Kier molecular flexibility index (Phi) is 29.0. The lowest BCUT2D eigenvalue weighted by Gasteiger charge is -2.15. The van der Waals surface area contributed by atoms with Gasteiger partial charge in [0.2, 0.25) is 0 Å². The van der Waals surface area contributed by atoms with Crippen molar-refractivity contribution in [3.63, 3.8) is 0 Å². The topological polar surface area (TPSA) is 72.8 Å². The van der Waals surface area contributed by atoms with Gasteiger partial charge in [-0.15, -0.1) is 0 Å². The predicted octanol–water partition coefficient (Wildman–Crippen LogP) is 9.86. The summed E-state index contributed by atoms with van der Waals surface area (Å²) in [5, 5.41) is 9.49. The van der Waals surface area contributed by atoms with E-state index in [0.717, 1.165) is 44.4 Å². The molecule has 0 aliphatic rings. The Balaban J connectivity index is 3.54. The molecule has 1 N–H and O–H groups in total. The van der Waals surface area contributed by atoms with Crippen LogP contribution in [-0.2, 0) is 19.1 Å². The first-order valence-electron chi connectivity index (χ1n) is 17.0. The predicted molar refractivity (Wildman–Crippen MR) is 164 cm³/mol. The number of rotatable bonds is 30. The number of carbonyl (C=O) groups is 2. The Morgan fingerprint density at radius 3 is 1.36 bits per heavy atom. The van der Waals surface area contributed by atoms with E-state index in [4.69, 9.17) is 9.47 Å². The van der Waals surface area contributed by atoms with Gasteiger partial charge in [-0.1, -0.05) is 156 Å². The minimum absolute atomic E-state index is 0.0593. The molecule has 0 amide bonds. The van der Waals surface area contributed by atoms with Gasteiger partial charge in [0.25, 0.3) is 0 Å². The van der Waals surface area contributed by atoms with E-state index in [0.29, 0.717) is 12.8 Å². The number of aliphatic hydroxyl groups is 1. The van der Waals surface area contributed by atoms with Gasteiger partial charge < -0.3 is 14.6 Å². The van der Waals surface area contributed by atoms with Crippen LogP contribution in [0.1, 0.15) is 181 Å². The van der Waals surface area contributed by atoms with Gasteiger partial charge in [-0.25, -0.2) is 0 Å². The average Bonchev–Trinajstić information content (AvgIpc) is 2.92. The van der Waals surface area contributed by atoms with Gasteiger partial charge >= 0.3 is 11.9 Å². The van der Waals surface area contributed by atoms with E-state index in [2.05, 4.69) is 20.8 Å². The Bertz CT molecular complexity index is 534. The Labute approximate surface area is 242 Å². The molecule has 0 radical (unpaired) electrons. The zero-order valence-electron chi connectivity index (χ0n) is 26.3. The maximum atomic E-state index is 12.1. The third kappa shape index (κ3) is 29.7. The van der Waals surface area contributed by atoms with Crippen molar-refractivity contribution in [3.8, 4) is 0 Å². The van der Waals surface area contributed by atoms with E-state index < -0.39 is 6.10 Å². The van der Waals surface area contributed by atoms with Crippen molar-refractivity contribution >= 4 is 11.9 Å². The molecule has 0 rings (SSSR count). The summed E-state index contributed by atoms with van der Waals surface area (Å²) in [6.07, 6.45) is 28.7. The first kappa shape index (κ1) is 37.9. The Hall–Kier alpha value is -1.10. The molecule has 0 aliphatic heterocycles. The molecule has 232 valence electrons. The molecular weight excluding hydrogens is 488 g/mol. The number of carbonyl (C=O) groups excluding carboxylic acids is 2. The molecule has 0 heterocycles. The highest BCUT2D eigenvalue weighted by Gasteiger charge is 2.16. The second-order valence-electron chi connectivity index (χ2n) is 12.1. The molecule has 0 fully saturated rings. The van der Waals surface area contributed by atoms with E-state index >= 15 is 0 Å². The van der Waals surface area contributed by atoms with Crippen molar-refractivity contribution in [2.24, 2.45) is 5.92 Å². The summed E-state index contributed by atoms with van der Waals surface area (Å²) >= 11 is 0. The van der Waals surface area contributed by atoms with Gasteiger partial charge in [-0.05, 0) is 18.8 Å². The van der Waals surface area contributed by atoms with Gasteiger partial charge in [-0.3, -0.25) is 9.59 Å². The van der Waals surface area contributed by atoms with Crippen molar-refractivity contribution < 1.29 is 24.2 Å². The highest BCUT2D eigenvalue weighted by atomic mass is 16.6. The summed E-state index contributed by atoms with van der Waals surface area (Å²) in [4.78, 5) is 24.1. The Morgan fingerprint density at radius 1 is 0.564 bits per heavy atom. The van der Waals surface area contributed by atoms with Crippen molar-refractivity contribution in [1.29, 1.82) is 0 Å². The Morgan fingerprint density at radius 2 is 0.949 bits per heavy atom. The third-order valence-electron chi connectivity index (χ3n) is 7.58. The van der Waals surface area contributed by atoms with Crippen molar-refractivity contribution in [1.82, 2.24) is 0 Å². The van der Waals surface area contributed by atoms with Crippen LogP contribution in [-0.4, -0.2) is 36.4 Å². The minimum Gasteiger partial charge on any atom is -0.462 e. The van der Waals surface area contributed by atoms with Gasteiger partial charge in [0.15, 0.2) is 6.10 Å². The lowest BCUT2D eigenvalue weighted by Crippen LogP contribution is -2.28. The monoisotopic (exact) mass is 554 g/mol. The first-order valence-corrected chi connectivity index (χ1v) is 17.0. The van der Waals surface area contributed by atoms with Crippen LogP contribution in [0.3, 0.4) is 0 Å². The summed E-state index contributed by atoms with van der Waals surface area (Å²) in [6.45, 7) is 6.44. The normalized spacial score (nSPS) is 12.1. The van der Waals surface area contributed by atoms with Crippen molar-refractivity contribution in [2.75, 3.05) is 13.2 Å². The molecule has 5 heteroatoms. The molecule has 0 saturated heterocycles. The highest BCUT2D eigenvalue weighted by Crippen LogP contribution is 2.15. The SMILES string of the molecule is CCCCCCCCCCCCCCCCC(=O)O[C@@H](CO)COC(=O)CCCCCCCCCCC(C)C. The molecule has 39 heavy (non-hydrogen) atoms. The van der Waals surface area contributed by atoms with Crippen molar-refractivity contribution in [2.45, 2.75) is 187 Å². The molecule has 5 nitrogen and oxygen atoms in total. The zero-order chi connectivity index (χ0) is 28.8. The van der Waals surface area contributed by atoms with Gasteiger partial charge in [0, 0.05) is 12.8 Å². The first-order chi connectivity index (χ1) is 19.0. The summed E-state index contributed by atoms with van der Waals surface area (Å²) in [5.74, 6) is 0.224. The summed E-state index contributed by atoms with van der Waals surface area (Å²) in [5.41, 5.74) is 0. The third-order valence-corrected chi connectivity index (χ3v) is 7.58. The fourth-order valence-electron chi connectivity index (χ4n) is 4.97. The number of ether oxygens (including phenoxy) is 2. The summed E-state index contributed by atoms with van der Waals surface area (Å²) < 4.78 is 10.5. The molecular formula is C34H66O5. The zero-order valence-corrected chi connectivity index (χ0v) is 26.3. The van der Waals surface area contributed by atoms with Crippen LogP contribution in [0.2, 0.25) is 0 Å². The molecule has 0 spiro atoms. The van der Waals surface area contributed by atoms with Crippen molar-refractivity contribution in [3.05, 3.63) is 0 Å². The number of hydrogen-bond donors (Lipinski definition) is 1. The van der Waals surface area contributed by atoms with Crippen LogP contribution in [0.25, 0.3) is 0 Å². The van der Waals surface area contributed by atoms with E-state index in [1.807, 2.05) is 0 Å². The summed E-state index contributed by atoms with van der Waals surface area (Å²) in [6, 6.07) is 0. The highest BCUT2D eigenvalue weighted by molar-refractivity contribution is 5.70. The second kappa shape index (κ2) is 29.9.